The van der Waals surface area contributed by atoms with E-state index in [0.717, 1.165) is 19.5 Å². The van der Waals surface area contributed by atoms with Crippen molar-refractivity contribution in [3.8, 4) is 0 Å². The number of carboxylic acid groups (broad SMARTS) is 1. The van der Waals surface area contributed by atoms with Crippen molar-refractivity contribution in [2.45, 2.75) is 25.3 Å². The molecule has 0 aromatic carbocycles. The van der Waals surface area contributed by atoms with Gasteiger partial charge in [-0.1, -0.05) is 0 Å². The zero-order valence-corrected chi connectivity index (χ0v) is 12.7. The van der Waals surface area contributed by atoms with Crippen molar-refractivity contribution in [1.29, 1.82) is 0 Å². The molecule has 1 unspecified atom stereocenters. The van der Waals surface area contributed by atoms with Crippen molar-refractivity contribution < 1.29 is 19.4 Å². The summed E-state index contributed by atoms with van der Waals surface area (Å²) in [5.74, 6) is -0.991. The molecule has 0 aromatic heterocycles. The van der Waals surface area contributed by atoms with E-state index >= 15 is 0 Å². The molecule has 0 spiro atoms. The molecule has 2 aliphatic heterocycles. The van der Waals surface area contributed by atoms with Crippen molar-refractivity contribution in [2.75, 3.05) is 53.0 Å². The number of aliphatic carboxylic acids is 1. The van der Waals surface area contributed by atoms with Gasteiger partial charge in [-0.25, -0.2) is 4.79 Å². The number of hydrogen-bond acceptors (Lipinski definition) is 4. The highest BCUT2D eigenvalue weighted by molar-refractivity contribution is 5.80. The highest BCUT2D eigenvalue weighted by Crippen LogP contribution is 2.21. The number of likely N-dealkylation sites (tertiary alicyclic amines) is 2. The van der Waals surface area contributed by atoms with Gasteiger partial charge in [-0.2, -0.15) is 0 Å². The summed E-state index contributed by atoms with van der Waals surface area (Å²) in [4.78, 5) is 29.0. The summed E-state index contributed by atoms with van der Waals surface area (Å²) in [6.07, 6.45) is 3.46. The van der Waals surface area contributed by atoms with Crippen molar-refractivity contribution >= 4 is 12.0 Å². The maximum absolute atomic E-state index is 12.5. The molecule has 0 saturated carbocycles. The molecule has 0 aliphatic carbocycles. The Bertz CT molecular complexity index is 371. The summed E-state index contributed by atoms with van der Waals surface area (Å²) in [5, 5.41) is 8.94. The number of urea groups is 1. The zero-order chi connectivity index (χ0) is 15.2. The van der Waals surface area contributed by atoms with Crippen molar-refractivity contribution in [1.82, 2.24) is 14.7 Å². The first-order chi connectivity index (χ1) is 10.1. The molecular formula is C14H25N3O4. The van der Waals surface area contributed by atoms with E-state index in [0.29, 0.717) is 32.3 Å². The van der Waals surface area contributed by atoms with E-state index in [1.54, 1.807) is 12.0 Å². The minimum Gasteiger partial charge on any atom is -0.480 e. The van der Waals surface area contributed by atoms with E-state index in [-0.39, 0.29) is 12.6 Å². The lowest BCUT2D eigenvalue weighted by Crippen LogP contribution is -2.47. The van der Waals surface area contributed by atoms with E-state index in [1.807, 2.05) is 0 Å². The fraction of sp³-hybridized carbons (Fsp3) is 0.857. The number of carbonyl (C=O) groups is 2. The predicted octanol–water partition coefficient (Wildman–Crippen LogP) is 0.310. The van der Waals surface area contributed by atoms with Crippen LogP contribution in [0.1, 0.15) is 19.3 Å². The van der Waals surface area contributed by atoms with E-state index in [9.17, 15) is 9.59 Å². The van der Waals surface area contributed by atoms with Crippen LogP contribution in [0, 0.1) is 0 Å². The molecule has 2 saturated heterocycles. The number of rotatable bonds is 6. The van der Waals surface area contributed by atoms with Crippen LogP contribution in [0.2, 0.25) is 0 Å². The Labute approximate surface area is 125 Å². The van der Waals surface area contributed by atoms with Gasteiger partial charge in [-0.15, -0.1) is 0 Å². The molecule has 1 atom stereocenters. The Hall–Kier alpha value is -1.34. The second-order valence-electron chi connectivity index (χ2n) is 5.72. The Morgan fingerprint density at radius 2 is 2.00 bits per heavy atom. The molecule has 0 radical (unpaired) electrons. The van der Waals surface area contributed by atoms with Crippen molar-refractivity contribution in [3.63, 3.8) is 0 Å². The molecule has 2 heterocycles. The van der Waals surface area contributed by atoms with E-state index < -0.39 is 5.97 Å². The fourth-order valence-electron chi connectivity index (χ4n) is 3.13. The number of ether oxygens (including phenoxy) is 1. The average molecular weight is 299 g/mol. The molecular weight excluding hydrogens is 274 g/mol. The van der Waals surface area contributed by atoms with E-state index in [2.05, 4.69) is 4.90 Å². The summed E-state index contributed by atoms with van der Waals surface area (Å²) in [6.45, 7) is 4.05. The molecule has 21 heavy (non-hydrogen) atoms. The largest absolute Gasteiger partial charge is 0.480 e. The molecule has 0 bridgehead atoms. The average Bonchev–Trinajstić information content (AvgIpc) is 3.11. The van der Waals surface area contributed by atoms with Crippen LogP contribution in [-0.2, 0) is 9.53 Å². The Balaban J connectivity index is 1.89. The van der Waals surface area contributed by atoms with Gasteiger partial charge in [0.1, 0.15) is 6.54 Å². The van der Waals surface area contributed by atoms with Gasteiger partial charge in [0.25, 0.3) is 0 Å². The maximum Gasteiger partial charge on any atom is 0.323 e. The van der Waals surface area contributed by atoms with Crippen LogP contribution in [0.15, 0.2) is 0 Å². The van der Waals surface area contributed by atoms with Gasteiger partial charge < -0.3 is 19.6 Å². The minimum absolute atomic E-state index is 0.184. The Morgan fingerprint density at radius 1 is 1.29 bits per heavy atom. The monoisotopic (exact) mass is 299 g/mol. The first-order valence-electron chi connectivity index (χ1n) is 7.60. The van der Waals surface area contributed by atoms with Crippen molar-refractivity contribution in [2.24, 2.45) is 0 Å². The summed E-state index contributed by atoms with van der Waals surface area (Å²) < 4.78 is 4.96. The number of methoxy groups -OCH3 is 1. The second-order valence-corrected chi connectivity index (χ2v) is 5.72. The van der Waals surface area contributed by atoms with Crippen LogP contribution in [0.25, 0.3) is 0 Å². The van der Waals surface area contributed by atoms with Gasteiger partial charge in [0, 0.05) is 32.8 Å². The first kappa shape index (κ1) is 16.0. The van der Waals surface area contributed by atoms with Crippen molar-refractivity contribution in [3.05, 3.63) is 0 Å². The zero-order valence-electron chi connectivity index (χ0n) is 12.7. The van der Waals surface area contributed by atoms with Crippen LogP contribution < -0.4 is 0 Å². The topological polar surface area (TPSA) is 73.3 Å². The molecule has 2 rings (SSSR count). The van der Waals surface area contributed by atoms with Gasteiger partial charge in [0.15, 0.2) is 0 Å². The van der Waals surface area contributed by atoms with Gasteiger partial charge in [0.2, 0.25) is 0 Å². The molecule has 2 aliphatic rings. The number of carboxylic acids is 1. The maximum atomic E-state index is 12.5. The van der Waals surface area contributed by atoms with Crippen LogP contribution in [0.4, 0.5) is 4.79 Å². The highest BCUT2D eigenvalue weighted by Gasteiger charge is 2.33. The lowest BCUT2D eigenvalue weighted by Gasteiger charge is -2.28. The lowest BCUT2D eigenvalue weighted by molar-refractivity contribution is -0.137. The number of carbonyl (C=O) groups excluding carboxylic acids is 1. The third-order valence-electron chi connectivity index (χ3n) is 4.25. The van der Waals surface area contributed by atoms with E-state index in [4.69, 9.17) is 9.84 Å². The number of hydrogen-bond donors (Lipinski definition) is 1. The normalized spacial score (nSPS) is 22.7. The number of amides is 2. The number of nitrogens with zero attached hydrogens (tertiary/aromatic N) is 3. The molecule has 7 nitrogen and oxygen atoms in total. The van der Waals surface area contributed by atoms with Crippen LogP contribution >= 0.6 is 0 Å². The molecule has 7 heteroatoms. The summed E-state index contributed by atoms with van der Waals surface area (Å²) in [7, 11) is 1.54. The SMILES string of the molecule is COCCN(CC(=O)O)C(=O)N1CCC(N2CCCC2)C1. The third kappa shape index (κ3) is 4.31. The second kappa shape index (κ2) is 7.61. The van der Waals surface area contributed by atoms with Gasteiger partial charge >= 0.3 is 12.0 Å². The Kier molecular flexibility index (Phi) is 5.81. The molecule has 120 valence electrons. The third-order valence-corrected chi connectivity index (χ3v) is 4.25. The quantitative estimate of drug-likeness (QED) is 0.764. The van der Waals surface area contributed by atoms with Gasteiger partial charge in [-0.05, 0) is 32.4 Å². The highest BCUT2D eigenvalue weighted by atomic mass is 16.5. The van der Waals surface area contributed by atoms with Gasteiger partial charge in [-0.3, -0.25) is 9.69 Å². The standard InChI is InChI=1S/C14H25N3O4/c1-21-9-8-17(11-13(18)19)14(20)16-7-4-12(10-16)15-5-2-3-6-15/h12H,2-11H2,1H3,(H,18,19). The van der Waals surface area contributed by atoms with Crippen LogP contribution in [0.5, 0.6) is 0 Å². The molecule has 2 amide bonds. The van der Waals surface area contributed by atoms with Crippen LogP contribution in [-0.4, -0.2) is 90.8 Å². The summed E-state index contributed by atoms with van der Waals surface area (Å²) >= 11 is 0. The first-order valence-corrected chi connectivity index (χ1v) is 7.60. The molecule has 1 N–H and O–H groups in total. The summed E-state index contributed by atoms with van der Waals surface area (Å²) in [5.41, 5.74) is 0. The summed E-state index contributed by atoms with van der Waals surface area (Å²) in [6, 6.07) is 0.252. The Morgan fingerprint density at radius 3 is 2.62 bits per heavy atom. The molecule has 0 aromatic rings. The fourth-order valence-corrected chi connectivity index (χ4v) is 3.13. The van der Waals surface area contributed by atoms with Gasteiger partial charge in [0.05, 0.1) is 6.61 Å². The van der Waals surface area contributed by atoms with Crippen LogP contribution in [0.3, 0.4) is 0 Å². The van der Waals surface area contributed by atoms with E-state index in [1.165, 1.54) is 17.7 Å². The smallest absolute Gasteiger partial charge is 0.323 e. The lowest BCUT2D eigenvalue weighted by atomic mass is 10.2. The molecule has 2 fully saturated rings. The predicted molar refractivity (Wildman–Crippen MR) is 77.3 cm³/mol. The minimum atomic E-state index is -0.991.